The van der Waals surface area contributed by atoms with Crippen molar-refractivity contribution in [1.29, 1.82) is 0 Å². The molecule has 0 atom stereocenters. The van der Waals surface area contributed by atoms with Gasteiger partial charge in [0, 0.05) is 12.6 Å². The second-order valence-electron chi connectivity index (χ2n) is 5.37. The Bertz CT molecular complexity index is 805. The average Bonchev–Trinajstić information content (AvgIpc) is 2.64. The molecule has 0 unspecified atom stereocenters. The molecule has 0 aliphatic rings. The lowest BCUT2D eigenvalue weighted by Crippen LogP contribution is -2.25. The Balaban J connectivity index is 1.95. The third-order valence-electron chi connectivity index (χ3n) is 3.73. The Morgan fingerprint density at radius 3 is 2.36 bits per heavy atom. The summed E-state index contributed by atoms with van der Waals surface area (Å²) in [4.78, 5) is 0.145. The maximum absolute atomic E-state index is 12.4. The normalized spacial score (nSPS) is 11.2. The Morgan fingerprint density at radius 2 is 1.68 bits per heavy atom. The van der Waals surface area contributed by atoms with E-state index in [1.807, 2.05) is 24.3 Å². The zero-order valence-corrected chi connectivity index (χ0v) is 15.4. The number of nitrogens with one attached hydrogen (secondary N) is 1. The summed E-state index contributed by atoms with van der Waals surface area (Å²) in [5.41, 5.74) is 1.10. The largest absolute Gasteiger partial charge is 0.497 e. The summed E-state index contributed by atoms with van der Waals surface area (Å²) in [7, 11) is 0.997. The van der Waals surface area contributed by atoms with Crippen LogP contribution in [-0.4, -0.2) is 36.3 Å². The molecule has 0 spiro atoms. The first-order valence-electron chi connectivity index (χ1n) is 7.85. The summed E-state index contributed by atoms with van der Waals surface area (Å²) in [5, 5.41) is 0. The summed E-state index contributed by atoms with van der Waals surface area (Å²) in [6.07, 6.45) is 1.44. The van der Waals surface area contributed by atoms with Crippen molar-refractivity contribution in [3.63, 3.8) is 0 Å². The van der Waals surface area contributed by atoms with Crippen molar-refractivity contribution in [3.05, 3.63) is 48.0 Å². The predicted octanol–water partition coefficient (Wildman–Crippen LogP) is 2.62. The minimum atomic E-state index is -3.60. The van der Waals surface area contributed by atoms with Crippen LogP contribution < -0.4 is 18.9 Å². The van der Waals surface area contributed by atoms with Gasteiger partial charge in [-0.3, -0.25) is 0 Å². The van der Waals surface area contributed by atoms with E-state index in [1.165, 1.54) is 26.4 Å². The van der Waals surface area contributed by atoms with Crippen molar-refractivity contribution in [1.82, 2.24) is 4.72 Å². The third kappa shape index (κ3) is 5.11. The van der Waals surface area contributed by atoms with Gasteiger partial charge in [-0.15, -0.1) is 0 Å². The highest BCUT2D eigenvalue weighted by Crippen LogP contribution is 2.29. The third-order valence-corrected chi connectivity index (χ3v) is 5.19. The summed E-state index contributed by atoms with van der Waals surface area (Å²) in [6, 6.07) is 12.2. The monoisotopic (exact) mass is 365 g/mol. The maximum Gasteiger partial charge on any atom is 0.240 e. The van der Waals surface area contributed by atoms with Gasteiger partial charge in [0.1, 0.15) is 5.75 Å². The molecule has 0 heterocycles. The van der Waals surface area contributed by atoms with Gasteiger partial charge in [0.25, 0.3) is 0 Å². The molecule has 1 N–H and O–H groups in total. The van der Waals surface area contributed by atoms with Crippen LogP contribution in [-0.2, 0) is 16.4 Å². The van der Waals surface area contributed by atoms with E-state index in [9.17, 15) is 8.42 Å². The number of hydrogen-bond acceptors (Lipinski definition) is 5. The van der Waals surface area contributed by atoms with Crippen LogP contribution >= 0.6 is 0 Å². The molecule has 0 aromatic heterocycles. The Labute approximate surface area is 148 Å². The standard InChI is InChI=1S/C18H23NO5S/c1-22-15-8-4-6-14(12-15)7-5-11-19-25(20,21)16-9-10-17(23-2)18(13-16)24-3/h4,6,8-10,12-13,19H,5,7,11H2,1-3H3. The summed E-state index contributed by atoms with van der Waals surface area (Å²) in [6.45, 7) is 0.341. The predicted molar refractivity (Wildman–Crippen MR) is 96.0 cm³/mol. The van der Waals surface area contributed by atoms with Gasteiger partial charge in [-0.25, -0.2) is 13.1 Å². The van der Waals surface area contributed by atoms with Crippen molar-refractivity contribution in [2.45, 2.75) is 17.7 Å². The zero-order chi connectivity index (χ0) is 18.3. The quantitative estimate of drug-likeness (QED) is 0.692. The SMILES string of the molecule is COc1cccc(CCCNS(=O)(=O)c2ccc(OC)c(OC)c2)c1. The summed E-state index contributed by atoms with van der Waals surface area (Å²) < 4.78 is 42.8. The van der Waals surface area contributed by atoms with Crippen LogP contribution in [0.5, 0.6) is 17.2 Å². The summed E-state index contributed by atoms with van der Waals surface area (Å²) >= 11 is 0. The first kappa shape index (κ1) is 19.1. The van der Waals surface area contributed by atoms with Gasteiger partial charge in [0.2, 0.25) is 10.0 Å². The molecule has 2 aromatic rings. The van der Waals surface area contributed by atoms with Gasteiger partial charge in [-0.1, -0.05) is 12.1 Å². The molecule has 2 rings (SSSR count). The van der Waals surface area contributed by atoms with Gasteiger partial charge in [0.05, 0.1) is 26.2 Å². The van der Waals surface area contributed by atoms with Gasteiger partial charge < -0.3 is 14.2 Å². The summed E-state index contributed by atoms with van der Waals surface area (Å²) in [5.74, 6) is 1.66. The molecular formula is C18H23NO5S. The van der Waals surface area contributed by atoms with E-state index < -0.39 is 10.0 Å². The van der Waals surface area contributed by atoms with Crippen molar-refractivity contribution in [2.24, 2.45) is 0 Å². The molecule has 25 heavy (non-hydrogen) atoms. The minimum Gasteiger partial charge on any atom is -0.497 e. The van der Waals surface area contributed by atoms with Crippen LogP contribution in [0.25, 0.3) is 0 Å². The molecule has 2 aromatic carbocycles. The van der Waals surface area contributed by atoms with Crippen molar-refractivity contribution in [3.8, 4) is 17.2 Å². The molecule has 136 valence electrons. The first-order valence-corrected chi connectivity index (χ1v) is 9.33. The number of hydrogen-bond donors (Lipinski definition) is 1. The van der Waals surface area contributed by atoms with Crippen LogP contribution in [0.3, 0.4) is 0 Å². The Morgan fingerprint density at radius 1 is 0.920 bits per heavy atom. The lowest BCUT2D eigenvalue weighted by Gasteiger charge is -2.11. The van der Waals surface area contributed by atoms with E-state index >= 15 is 0 Å². The molecule has 0 aliphatic heterocycles. The van der Waals surface area contributed by atoms with Crippen LogP contribution in [0.15, 0.2) is 47.4 Å². The fourth-order valence-electron chi connectivity index (χ4n) is 2.39. The van der Waals surface area contributed by atoms with Gasteiger partial charge >= 0.3 is 0 Å². The fourth-order valence-corrected chi connectivity index (χ4v) is 3.48. The highest BCUT2D eigenvalue weighted by atomic mass is 32.2. The van der Waals surface area contributed by atoms with E-state index in [2.05, 4.69) is 4.72 Å². The highest BCUT2D eigenvalue weighted by Gasteiger charge is 2.16. The van der Waals surface area contributed by atoms with Gasteiger partial charge in [0.15, 0.2) is 11.5 Å². The second kappa shape index (κ2) is 8.73. The smallest absolute Gasteiger partial charge is 0.240 e. The minimum absolute atomic E-state index is 0.145. The topological polar surface area (TPSA) is 73.9 Å². The van der Waals surface area contributed by atoms with Gasteiger partial charge in [-0.2, -0.15) is 0 Å². The molecule has 7 heteroatoms. The van der Waals surface area contributed by atoms with Crippen molar-refractivity contribution < 1.29 is 22.6 Å². The number of ether oxygens (including phenoxy) is 3. The lowest BCUT2D eigenvalue weighted by atomic mass is 10.1. The van der Waals surface area contributed by atoms with Crippen LogP contribution in [0.4, 0.5) is 0 Å². The van der Waals surface area contributed by atoms with Crippen LogP contribution in [0, 0.1) is 0 Å². The highest BCUT2D eigenvalue weighted by molar-refractivity contribution is 7.89. The second-order valence-corrected chi connectivity index (χ2v) is 7.14. The molecule has 6 nitrogen and oxygen atoms in total. The molecule has 0 saturated heterocycles. The fraction of sp³-hybridized carbons (Fsp3) is 0.333. The Kier molecular flexibility index (Phi) is 6.66. The van der Waals surface area contributed by atoms with E-state index in [4.69, 9.17) is 14.2 Å². The average molecular weight is 365 g/mol. The molecular weight excluding hydrogens is 342 g/mol. The van der Waals surface area contributed by atoms with Crippen molar-refractivity contribution >= 4 is 10.0 Å². The van der Waals surface area contributed by atoms with Crippen molar-refractivity contribution in [2.75, 3.05) is 27.9 Å². The molecule has 0 fully saturated rings. The first-order chi connectivity index (χ1) is 12.0. The number of sulfonamides is 1. The Hall–Kier alpha value is -2.25. The number of benzene rings is 2. The number of aryl methyl sites for hydroxylation is 1. The molecule has 0 bridgehead atoms. The molecule has 0 amide bonds. The maximum atomic E-state index is 12.4. The van der Waals surface area contributed by atoms with E-state index in [0.29, 0.717) is 24.5 Å². The van der Waals surface area contributed by atoms with Gasteiger partial charge in [-0.05, 0) is 42.7 Å². The molecule has 0 aliphatic carbocycles. The zero-order valence-electron chi connectivity index (χ0n) is 14.6. The number of rotatable bonds is 9. The molecule has 0 radical (unpaired) electrons. The van der Waals surface area contributed by atoms with Crippen LogP contribution in [0.2, 0.25) is 0 Å². The van der Waals surface area contributed by atoms with Crippen LogP contribution in [0.1, 0.15) is 12.0 Å². The number of methoxy groups -OCH3 is 3. The van der Waals surface area contributed by atoms with E-state index in [0.717, 1.165) is 17.7 Å². The van der Waals surface area contributed by atoms with E-state index in [-0.39, 0.29) is 4.90 Å². The lowest BCUT2D eigenvalue weighted by molar-refractivity contribution is 0.354. The molecule has 0 saturated carbocycles. The van der Waals surface area contributed by atoms with E-state index in [1.54, 1.807) is 13.2 Å².